The number of hydrogen-bond donors (Lipinski definition) is 0. The fraction of sp³-hybridized carbons (Fsp3) is 0.750. The lowest BCUT2D eigenvalue weighted by molar-refractivity contribution is 0.0815. The van der Waals surface area contributed by atoms with Crippen LogP contribution in [-0.2, 0) is 0 Å². The van der Waals surface area contributed by atoms with Gasteiger partial charge in [-0.15, -0.1) is 0 Å². The van der Waals surface area contributed by atoms with E-state index in [1.807, 2.05) is 4.90 Å². The third kappa shape index (κ3) is 2.72. The highest BCUT2D eigenvalue weighted by Crippen LogP contribution is 2.22. The minimum Gasteiger partial charge on any atom is -0.299 e. The Morgan fingerprint density at radius 2 is 2.33 bits per heavy atom. The minimum absolute atomic E-state index is 0.436. The summed E-state index contributed by atoms with van der Waals surface area (Å²) >= 11 is 5.32. The van der Waals surface area contributed by atoms with E-state index >= 15 is 0 Å². The van der Waals surface area contributed by atoms with Gasteiger partial charge in [0, 0.05) is 24.5 Å². The van der Waals surface area contributed by atoms with Crippen LogP contribution in [0.4, 0.5) is 8.78 Å². The SMILES string of the molecule is FC(F)C1CCN(C/C=C/Cl)C1. The van der Waals surface area contributed by atoms with E-state index in [2.05, 4.69) is 0 Å². The average Bonchev–Trinajstić information content (AvgIpc) is 2.48. The minimum atomic E-state index is -2.17. The maximum absolute atomic E-state index is 12.2. The second kappa shape index (κ2) is 4.77. The van der Waals surface area contributed by atoms with Crippen molar-refractivity contribution in [2.24, 2.45) is 5.92 Å². The standard InChI is InChI=1S/C8H12ClF2N/c9-3-1-4-12-5-2-7(6-12)8(10)11/h1,3,7-8H,2,4-6H2/b3-1+. The molecule has 1 saturated heterocycles. The number of alkyl halides is 2. The van der Waals surface area contributed by atoms with Gasteiger partial charge in [-0.25, -0.2) is 8.78 Å². The molecule has 70 valence electrons. The number of halogens is 3. The van der Waals surface area contributed by atoms with Crippen LogP contribution in [0.2, 0.25) is 0 Å². The predicted octanol–water partition coefficient (Wildman–Crippen LogP) is 2.33. The fourth-order valence-corrected chi connectivity index (χ4v) is 1.50. The number of likely N-dealkylation sites (tertiary alicyclic amines) is 1. The van der Waals surface area contributed by atoms with Crippen LogP contribution in [0.5, 0.6) is 0 Å². The van der Waals surface area contributed by atoms with Gasteiger partial charge in [-0.05, 0) is 13.0 Å². The van der Waals surface area contributed by atoms with Gasteiger partial charge in [-0.2, -0.15) is 0 Å². The molecule has 1 aliphatic heterocycles. The zero-order valence-corrected chi connectivity index (χ0v) is 7.47. The highest BCUT2D eigenvalue weighted by atomic mass is 35.5. The lowest BCUT2D eigenvalue weighted by Gasteiger charge is -2.12. The van der Waals surface area contributed by atoms with Crippen molar-refractivity contribution in [2.45, 2.75) is 12.8 Å². The molecule has 0 saturated carbocycles. The zero-order chi connectivity index (χ0) is 8.97. The van der Waals surface area contributed by atoms with E-state index < -0.39 is 12.3 Å². The van der Waals surface area contributed by atoms with Crippen LogP contribution < -0.4 is 0 Å². The van der Waals surface area contributed by atoms with Gasteiger partial charge in [0.2, 0.25) is 6.43 Å². The Morgan fingerprint density at radius 1 is 1.58 bits per heavy atom. The molecule has 0 bridgehead atoms. The van der Waals surface area contributed by atoms with Crippen molar-refractivity contribution in [1.29, 1.82) is 0 Å². The maximum Gasteiger partial charge on any atom is 0.242 e. The molecule has 0 aromatic rings. The Balaban J connectivity index is 2.25. The van der Waals surface area contributed by atoms with E-state index in [9.17, 15) is 8.78 Å². The molecular formula is C8H12ClF2N. The molecule has 1 nitrogen and oxygen atoms in total. The van der Waals surface area contributed by atoms with Crippen LogP contribution in [0, 0.1) is 5.92 Å². The van der Waals surface area contributed by atoms with Gasteiger partial charge in [-0.1, -0.05) is 17.7 Å². The first-order chi connectivity index (χ1) is 5.74. The van der Waals surface area contributed by atoms with Gasteiger partial charge >= 0.3 is 0 Å². The Bertz CT molecular complexity index is 161. The zero-order valence-electron chi connectivity index (χ0n) is 6.72. The molecule has 12 heavy (non-hydrogen) atoms. The van der Waals surface area contributed by atoms with Gasteiger partial charge in [0.1, 0.15) is 0 Å². The fourth-order valence-electron chi connectivity index (χ4n) is 1.42. The Morgan fingerprint density at radius 3 is 2.83 bits per heavy atom. The summed E-state index contributed by atoms with van der Waals surface area (Å²) in [7, 11) is 0. The Kier molecular flexibility index (Phi) is 3.95. The van der Waals surface area contributed by atoms with Crippen molar-refractivity contribution >= 4 is 11.6 Å². The van der Waals surface area contributed by atoms with Gasteiger partial charge in [0.05, 0.1) is 0 Å². The number of nitrogens with zero attached hydrogens (tertiary/aromatic N) is 1. The number of rotatable bonds is 3. The lowest BCUT2D eigenvalue weighted by atomic mass is 10.1. The van der Waals surface area contributed by atoms with Crippen LogP contribution in [0.3, 0.4) is 0 Å². The van der Waals surface area contributed by atoms with Crippen molar-refractivity contribution < 1.29 is 8.78 Å². The van der Waals surface area contributed by atoms with Gasteiger partial charge in [-0.3, -0.25) is 4.90 Å². The molecule has 1 atom stereocenters. The van der Waals surface area contributed by atoms with Crippen LogP contribution in [0.15, 0.2) is 11.6 Å². The molecule has 1 aliphatic rings. The molecule has 0 N–H and O–H groups in total. The van der Waals surface area contributed by atoms with Crippen molar-refractivity contribution in [2.75, 3.05) is 19.6 Å². The predicted molar refractivity (Wildman–Crippen MR) is 45.5 cm³/mol. The molecule has 0 aliphatic carbocycles. The molecule has 0 amide bonds. The van der Waals surface area contributed by atoms with Crippen LogP contribution in [0.1, 0.15) is 6.42 Å². The third-order valence-electron chi connectivity index (χ3n) is 2.12. The summed E-state index contributed by atoms with van der Waals surface area (Å²) < 4.78 is 24.3. The van der Waals surface area contributed by atoms with E-state index in [1.165, 1.54) is 5.54 Å². The van der Waals surface area contributed by atoms with Crippen molar-refractivity contribution in [3.63, 3.8) is 0 Å². The molecule has 0 aromatic carbocycles. The summed E-state index contributed by atoms with van der Waals surface area (Å²) in [6.07, 6.45) is 0.207. The van der Waals surface area contributed by atoms with Crippen molar-refractivity contribution in [3.05, 3.63) is 11.6 Å². The van der Waals surface area contributed by atoms with Gasteiger partial charge in [0.25, 0.3) is 0 Å². The largest absolute Gasteiger partial charge is 0.299 e. The first kappa shape index (κ1) is 9.93. The van der Waals surface area contributed by atoms with E-state index in [0.717, 1.165) is 6.54 Å². The second-order valence-corrected chi connectivity index (χ2v) is 3.26. The maximum atomic E-state index is 12.2. The van der Waals surface area contributed by atoms with Crippen LogP contribution in [0.25, 0.3) is 0 Å². The molecule has 1 fully saturated rings. The molecule has 0 spiro atoms. The monoisotopic (exact) mass is 195 g/mol. The molecular weight excluding hydrogens is 184 g/mol. The summed E-state index contributed by atoms with van der Waals surface area (Å²) in [5.74, 6) is -0.436. The van der Waals surface area contributed by atoms with E-state index in [1.54, 1.807) is 6.08 Å². The summed E-state index contributed by atoms with van der Waals surface area (Å²) in [4.78, 5) is 1.98. The summed E-state index contributed by atoms with van der Waals surface area (Å²) in [6, 6.07) is 0. The van der Waals surface area contributed by atoms with E-state index in [0.29, 0.717) is 19.5 Å². The summed E-state index contributed by atoms with van der Waals surface area (Å²) in [5.41, 5.74) is 1.43. The van der Waals surface area contributed by atoms with Crippen LogP contribution >= 0.6 is 11.6 Å². The Labute approximate surface area is 76.0 Å². The molecule has 1 heterocycles. The van der Waals surface area contributed by atoms with Gasteiger partial charge < -0.3 is 0 Å². The highest BCUT2D eigenvalue weighted by molar-refractivity contribution is 6.25. The normalized spacial score (nSPS) is 26.2. The van der Waals surface area contributed by atoms with Gasteiger partial charge in [0.15, 0.2) is 0 Å². The number of hydrogen-bond acceptors (Lipinski definition) is 1. The third-order valence-corrected chi connectivity index (χ3v) is 2.30. The lowest BCUT2D eigenvalue weighted by Crippen LogP contribution is -2.22. The molecule has 0 aromatic heterocycles. The van der Waals surface area contributed by atoms with Crippen molar-refractivity contribution in [3.8, 4) is 0 Å². The van der Waals surface area contributed by atoms with Crippen LogP contribution in [-0.4, -0.2) is 31.0 Å². The summed E-state index contributed by atoms with van der Waals surface area (Å²) in [5, 5.41) is 0. The highest BCUT2D eigenvalue weighted by Gasteiger charge is 2.28. The first-order valence-electron chi connectivity index (χ1n) is 3.99. The second-order valence-electron chi connectivity index (χ2n) is 3.00. The molecule has 1 unspecified atom stereocenters. The topological polar surface area (TPSA) is 3.24 Å². The molecule has 0 radical (unpaired) electrons. The average molecular weight is 196 g/mol. The van der Waals surface area contributed by atoms with E-state index in [-0.39, 0.29) is 0 Å². The van der Waals surface area contributed by atoms with E-state index in [4.69, 9.17) is 11.6 Å². The Hall–Kier alpha value is -0.150. The summed E-state index contributed by atoms with van der Waals surface area (Å²) in [6.45, 7) is 1.95. The first-order valence-corrected chi connectivity index (χ1v) is 4.43. The van der Waals surface area contributed by atoms with Crippen molar-refractivity contribution in [1.82, 2.24) is 4.90 Å². The molecule has 1 rings (SSSR count). The quantitative estimate of drug-likeness (QED) is 0.668. The smallest absolute Gasteiger partial charge is 0.242 e. The molecule has 4 heteroatoms.